The van der Waals surface area contributed by atoms with Crippen LogP contribution < -0.4 is 0 Å². The van der Waals surface area contributed by atoms with Gasteiger partial charge in [0.2, 0.25) is 0 Å². The monoisotopic (exact) mass is 1520 g/mol. The van der Waals surface area contributed by atoms with Crippen LogP contribution in [0.2, 0.25) is 0 Å². The van der Waals surface area contributed by atoms with Gasteiger partial charge < -0.3 is 33.8 Å². The van der Waals surface area contributed by atoms with Gasteiger partial charge in [0.15, 0.2) is 12.2 Å². The molecule has 0 aromatic carbocycles. The topological polar surface area (TPSA) is 237 Å². The van der Waals surface area contributed by atoms with E-state index in [1.54, 1.807) is 0 Å². The van der Waals surface area contributed by atoms with Gasteiger partial charge in [-0.25, -0.2) is 9.13 Å². The van der Waals surface area contributed by atoms with Crippen molar-refractivity contribution in [1.29, 1.82) is 0 Å². The fourth-order valence-electron chi connectivity index (χ4n) is 13.2. The fourth-order valence-corrected chi connectivity index (χ4v) is 14.8. The van der Waals surface area contributed by atoms with Crippen molar-refractivity contribution in [3.8, 4) is 0 Å². The largest absolute Gasteiger partial charge is 0.472 e. The first-order valence-corrected chi connectivity index (χ1v) is 47.0. The third kappa shape index (κ3) is 78.2. The van der Waals surface area contributed by atoms with E-state index in [9.17, 15) is 43.2 Å². The lowest BCUT2D eigenvalue weighted by molar-refractivity contribution is -0.161. The standard InChI is InChI=1S/C85H166O17P2/c1-7-9-11-13-15-17-19-21-22-23-24-25-26-27-28-31-35-39-45-51-57-63-69-84(89)101-80(73-96-83(88)68-62-56-50-44-38-34-32-29-30-33-36-41-47-53-59-65-77(3)4)75-99-103(91,92)97-71-79(86)72-98-104(93,94)100-76-81(102-85(90)70-64-58-52-46-40-42-48-54-60-66-78(5)6)74-95-82(87)67-61-55-49-43-37-20-18-16-14-12-10-8-2/h77-81,86H,7-76H2,1-6H3,(H,91,92)(H,93,94)/t79-,80-,81-/m1/s1. The average molecular weight is 1520 g/mol. The molecule has 17 nitrogen and oxygen atoms in total. The second-order valence-corrected chi connectivity index (χ2v) is 34.4. The minimum absolute atomic E-state index is 0.106. The van der Waals surface area contributed by atoms with Crippen molar-refractivity contribution in [1.82, 2.24) is 0 Å². The smallest absolute Gasteiger partial charge is 0.462 e. The summed E-state index contributed by atoms with van der Waals surface area (Å²) in [6.07, 6.45) is 68.1. The van der Waals surface area contributed by atoms with Crippen molar-refractivity contribution in [3.05, 3.63) is 0 Å². The van der Waals surface area contributed by atoms with Crippen LogP contribution in [0.15, 0.2) is 0 Å². The number of carbonyl (C=O) groups excluding carboxylic acids is 4. The van der Waals surface area contributed by atoms with Gasteiger partial charge in [0, 0.05) is 25.7 Å². The third-order valence-electron chi connectivity index (χ3n) is 20.0. The molecule has 0 rings (SSSR count). The molecule has 2 unspecified atom stereocenters. The van der Waals surface area contributed by atoms with Gasteiger partial charge in [0.1, 0.15) is 19.3 Å². The Balaban J connectivity index is 5.22. The van der Waals surface area contributed by atoms with E-state index in [0.29, 0.717) is 25.7 Å². The molecule has 104 heavy (non-hydrogen) atoms. The van der Waals surface area contributed by atoms with E-state index in [0.717, 1.165) is 102 Å². The molecule has 0 saturated carbocycles. The number of rotatable bonds is 84. The average Bonchev–Trinajstić information content (AvgIpc) is 0.910. The Morgan fingerprint density at radius 1 is 0.260 bits per heavy atom. The Labute approximate surface area is 638 Å². The van der Waals surface area contributed by atoms with Crippen LogP contribution >= 0.6 is 15.6 Å². The van der Waals surface area contributed by atoms with Crippen LogP contribution in [0.3, 0.4) is 0 Å². The Hall–Kier alpha value is -1.94. The minimum Gasteiger partial charge on any atom is -0.462 e. The molecule has 0 aromatic rings. The predicted molar refractivity (Wildman–Crippen MR) is 428 cm³/mol. The maximum absolute atomic E-state index is 13.1. The number of unbranched alkanes of at least 4 members (excludes halogenated alkanes) is 54. The second kappa shape index (κ2) is 76.4. The highest BCUT2D eigenvalue weighted by atomic mass is 31.2. The van der Waals surface area contributed by atoms with Crippen molar-refractivity contribution < 1.29 is 80.2 Å². The van der Waals surface area contributed by atoms with Crippen molar-refractivity contribution >= 4 is 39.5 Å². The zero-order chi connectivity index (χ0) is 76.4. The number of carbonyl (C=O) groups is 4. The molecule has 0 aliphatic heterocycles. The first kappa shape index (κ1) is 102. The summed E-state index contributed by atoms with van der Waals surface area (Å²) in [7, 11) is -9.92. The molecule has 0 aliphatic rings. The van der Waals surface area contributed by atoms with Crippen molar-refractivity contribution in [2.75, 3.05) is 39.6 Å². The molecule has 618 valence electrons. The predicted octanol–water partition coefficient (Wildman–Crippen LogP) is 25.8. The summed E-state index contributed by atoms with van der Waals surface area (Å²) in [6, 6.07) is 0. The lowest BCUT2D eigenvalue weighted by Crippen LogP contribution is -2.30. The zero-order valence-corrected chi connectivity index (χ0v) is 70.1. The number of hydrogen-bond donors (Lipinski definition) is 3. The highest BCUT2D eigenvalue weighted by Crippen LogP contribution is 2.45. The van der Waals surface area contributed by atoms with E-state index in [2.05, 4.69) is 41.5 Å². The summed E-state index contributed by atoms with van der Waals surface area (Å²) < 4.78 is 68.8. The Bertz CT molecular complexity index is 1990. The summed E-state index contributed by atoms with van der Waals surface area (Å²) in [4.78, 5) is 73.2. The van der Waals surface area contributed by atoms with E-state index in [1.807, 2.05) is 0 Å². The maximum atomic E-state index is 13.1. The number of hydrogen-bond acceptors (Lipinski definition) is 15. The normalized spacial score (nSPS) is 13.8. The molecule has 0 aromatic heterocycles. The highest BCUT2D eigenvalue weighted by Gasteiger charge is 2.30. The SMILES string of the molecule is CCCCCCCCCCCCCCCCCCCCCCCCC(=O)O[C@H](COC(=O)CCCCCCCCCCCCCCCCCC(C)C)COP(=O)(O)OC[C@@H](O)COP(=O)(O)OC[C@@H](COC(=O)CCCCCCCCCCCCCC)OC(=O)CCCCCCCCCCCC(C)C. The third-order valence-corrected chi connectivity index (χ3v) is 21.9. The van der Waals surface area contributed by atoms with Gasteiger partial charge in [-0.15, -0.1) is 0 Å². The van der Waals surface area contributed by atoms with Crippen LogP contribution in [-0.2, 0) is 65.4 Å². The summed E-state index contributed by atoms with van der Waals surface area (Å²) in [6.45, 7) is 9.66. The molecule has 19 heteroatoms. The highest BCUT2D eigenvalue weighted by molar-refractivity contribution is 7.47. The molecule has 0 heterocycles. The van der Waals surface area contributed by atoms with Crippen LogP contribution in [0.25, 0.3) is 0 Å². The van der Waals surface area contributed by atoms with Crippen molar-refractivity contribution in [2.45, 2.75) is 471 Å². The number of phosphoric acid groups is 2. The maximum Gasteiger partial charge on any atom is 0.472 e. The molecule has 0 aliphatic carbocycles. The Morgan fingerprint density at radius 2 is 0.442 bits per heavy atom. The van der Waals surface area contributed by atoms with Crippen LogP contribution in [-0.4, -0.2) is 96.7 Å². The number of phosphoric ester groups is 2. The van der Waals surface area contributed by atoms with E-state index < -0.39 is 97.5 Å². The zero-order valence-electron chi connectivity index (χ0n) is 68.3. The summed E-state index contributed by atoms with van der Waals surface area (Å²) in [5, 5.41) is 10.7. The van der Waals surface area contributed by atoms with Gasteiger partial charge in [-0.05, 0) is 37.5 Å². The molecule has 5 atom stereocenters. The molecule has 0 fully saturated rings. The molecule has 0 saturated heterocycles. The van der Waals surface area contributed by atoms with Gasteiger partial charge in [0.25, 0.3) is 0 Å². The van der Waals surface area contributed by atoms with Gasteiger partial charge in [-0.1, -0.05) is 401 Å². The molecular formula is C85H166O17P2. The molecule has 0 amide bonds. The second-order valence-electron chi connectivity index (χ2n) is 31.5. The van der Waals surface area contributed by atoms with Crippen LogP contribution in [0.1, 0.15) is 452 Å². The first-order chi connectivity index (χ1) is 50.4. The van der Waals surface area contributed by atoms with Crippen molar-refractivity contribution in [3.63, 3.8) is 0 Å². The van der Waals surface area contributed by atoms with Crippen LogP contribution in [0.4, 0.5) is 0 Å². The molecule has 0 radical (unpaired) electrons. The van der Waals surface area contributed by atoms with E-state index in [4.69, 9.17) is 37.0 Å². The van der Waals surface area contributed by atoms with E-state index in [-0.39, 0.29) is 25.7 Å². The quantitative estimate of drug-likeness (QED) is 0.0222. The Morgan fingerprint density at radius 3 is 0.654 bits per heavy atom. The van der Waals surface area contributed by atoms with Gasteiger partial charge in [0.05, 0.1) is 26.4 Å². The number of aliphatic hydroxyl groups excluding tert-OH is 1. The van der Waals surface area contributed by atoms with Crippen LogP contribution in [0.5, 0.6) is 0 Å². The molecule has 3 N–H and O–H groups in total. The Kier molecular flexibility index (Phi) is 75.0. The number of esters is 4. The molecular weight excluding hydrogens is 1350 g/mol. The lowest BCUT2D eigenvalue weighted by atomic mass is 10.0. The molecule has 0 bridgehead atoms. The van der Waals surface area contributed by atoms with Crippen LogP contribution in [0, 0.1) is 11.8 Å². The minimum atomic E-state index is -4.97. The summed E-state index contributed by atoms with van der Waals surface area (Å²) >= 11 is 0. The van der Waals surface area contributed by atoms with Gasteiger partial charge in [-0.3, -0.25) is 37.3 Å². The fraction of sp³-hybridized carbons (Fsp3) is 0.953. The van der Waals surface area contributed by atoms with E-state index in [1.165, 1.54) is 270 Å². The van der Waals surface area contributed by atoms with Gasteiger partial charge in [-0.2, -0.15) is 0 Å². The summed E-state index contributed by atoms with van der Waals surface area (Å²) in [5.41, 5.74) is 0. The lowest BCUT2D eigenvalue weighted by Gasteiger charge is -2.21. The number of ether oxygens (including phenoxy) is 4. The molecule has 0 spiro atoms. The number of aliphatic hydroxyl groups is 1. The van der Waals surface area contributed by atoms with Crippen molar-refractivity contribution in [2.24, 2.45) is 11.8 Å². The van der Waals surface area contributed by atoms with E-state index >= 15 is 0 Å². The first-order valence-electron chi connectivity index (χ1n) is 44.0. The summed E-state index contributed by atoms with van der Waals surface area (Å²) in [5.74, 6) is -0.562. The van der Waals surface area contributed by atoms with Gasteiger partial charge >= 0.3 is 39.5 Å².